The van der Waals surface area contributed by atoms with Crippen LogP contribution < -0.4 is 9.47 Å². The molecule has 26 heavy (non-hydrogen) atoms. The van der Waals surface area contributed by atoms with E-state index in [-0.39, 0.29) is 0 Å². The van der Waals surface area contributed by atoms with Gasteiger partial charge in [0, 0.05) is 35.0 Å². The highest BCUT2D eigenvalue weighted by Gasteiger charge is 2.25. The highest BCUT2D eigenvalue weighted by Crippen LogP contribution is 2.52. The molecule has 2 heterocycles. The minimum Gasteiger partial charge on any atom is -0.497 e. The van der Waals surface area contributed by atoms with Crippen LogP contribution in [0.2, 0.25) is 0 Å². The van der Waals surface area contributed by atoms with Crippen LogP contribution in [0.5, 0.6) is 11.5 Å². The fourth-order valence-electron chi connectivity index (χ4n) is 2.26. The third kappa shape index (κ3) is 3.78. The molecule has 0 saturated carbocycles. The molecule has 0 N–H and O–H groups in total. The molecule has 0 spiro atoms. The first kappa shape index (κ1) is 17.9. The summed E-state index contributed by atoms with van der Waals surface area (Å²) in [6.45, 7) is 0. The summed E-state index contributed by atoms with van der Waals surface area (Å²) >= 11 is 6.43. The minimum absolute atomic E-state index is 0.850. The van der Waals surface area contributed by atoms with Gasteiger partial charge in [-0.2, -0.15) is 0 Å². The monoisotopic (exact) mass is 418 g/mol. The van der Waals surface area contributed by atoms with Gasteiger partial charge < -0.3 is 9.47 Å². The van der Waals surface area contributed by atoms with Gasteiger partial charge in [0.25, 0.3) is 0 Å². The van der Waals surface area contributed by atoms with E-state index < -0.39 is 0 Å². The van der Waals surface area contributed by atoms with Crippen molar-refractivity contribution in [1.29, 1.82) is 0 Å². The van der Waals surface area contributed by atoms with Crippen LogP contribution in [0.25, 0.3) is 0 Å². The Hall–Kier alpha value is -1.48. The molecule has 132 valence electrons. The lowest BCUT2D eigenvalue weighted by atomic mass is 10.2. The van der Waals surface area contributed by atoms with Crippen molar-refractivity contribution in [3.05, 3.63) is 68.1 Å². The molecular weight excluding hydrogens is 404 g/mol. The van der Waals surface area contributed by atoms with Crippen molar-refractivity contribution in [3.8, 4) is 11.5 Å². The molecule has 0 aliphatic carbocycles. The van der Waals surface area contributed by atoms with Crippen LogP contribution in [-0.2, 0) is 0 Å². The predicted octanol–water partition coefficient (Wildman–Crippen LogP) is 5.81. The summed E-state index contributed by atoms with van der Waals surface area (Å²) in [5.74, 6) is 1.70. The smallest absolute Gasteiger partial charge is 0.118 e. The Bertz CT molecular complexity index is 830. The Morgan fingerprint density at radius 2 is 1.00 bits per heavy atom. The molecule has 0 radical (unpaired) electrons. The number of methoxy groups -OCH3 is 2. The third-order valence-electron chi connectivity index (χ3n) is 3.64. The van der Waals surface area contributed by atoms with Crippen molar-refractivity contribution in [2.75, 3.05) is 14.2 Å². The summed E-state index contributed by atoms with van der Waals surface area (Å²) in [5, 5.41) is 2.03. The van der Waals surface area contributed by atoms with E-state index in [4.69, 9.17) is 9.47 Å². The van der Waals surface area contributed by atoms with Crippen LogP contribution in [0.4, 0.5) is 0 Å². The Morgan fingerprint density at radius 1 is 0.615 bits per heavy atom. The number of benzene rings is 2. The minimum atomic E-state index is 0.850. The highest BCUT2D eigenvalue weighted by atomic mass is 32.2. The maximum Gasteiger partial charge on any atom is 0.118 e. The molecule has 0 fully saturated rings. The molecule has 2 aromatic carbocycles. The lowest BCUT2D eigenvalue weighted by Crippen LogP contribution is -1.92. The summed E-state index contributed by atoms with van der Waals surface area (Å²) in [6.07, 6.45) is 0. The van der Waals surface area contributed by atoms with Crippen molar-refractivity contribution in [2.45, 2.75) is 0 Å². The molecule has 0 amide bonds. The van der Waals surface area contributed by atoms with E-state index in [1.54, 1.807) is 37.7 Å². The Morgan fingerprint density at radius 3 is 1.35 bits per heavy atom. The van der Waals surface area contributed by atoms with Crippen LogP contribution in [0.1, 0.15) is 11.1 Å². The van der Waals surface area contributed by atoms with E-state index >= 15 is 0 Å². The van der Waals surface area contributed by atoms with E-state index in [9.17, 15) is 0 Å². The summed E-state index contributed by atoms with van der Waals surface area (Å²) in [7, 11) is 3.34. The summed E-state index contributed by atoms with van der Waals surface area (Å²) in [5.41, 5.74) is 2.20. The zero-order chi connectivity index (χ0) is 17.9. The Labute approximate surface area is 169 Å². The lowest BCUT2D eigenvalue weighted by molar-refractivity contribution is 0.414. The van der Waals surface area contributed by atoms with Gasteiger partial charge in [0.05, 0.1) is 22.7 Å². The van der Waals surface area contributed by atoms with Crippen LogP contribution in [-0.4, -0.2) is 24.3 Å². The maximum absolute atomic E-state index is 5.21. The molecule has 0 aromatic heterocycles. The quantitative estimate of drug-likeness (QED) is 0.584. The van der Waals surface area contributed by atoms with Crippen LogP contribution in [0.3, 0.4) is 0 Å². The molecule has 4 rings (SSSR count). The first-order valence-electron chi connectivity index (χ1n) is 7.65. The first-order valence-corrected chi connectivity index (χ1v) is 10.8. The lowest BCUT2D eigenvalue weighted by Gasteiger charge is -2.03. The van der Waals surface area contributed by atoms with Crippen LogP contribution >= 0.6 is 47.4 Å². The largest absolute Gasteiger partial charge is 0.497 e. The molecule has 8 heteroatoms. The van der Waals surface area contributed by atoms with Crippen molar-refractivity contribution in [2.24, 2.45) is 8.80 Å². The molecule has 0 atom stereocenters. The molecule has 0 bridgehead atoms. The Balaban J connectivity index is 1.45. The van der Waals surface area contributed by atoms with Crippen molar-refractivity contribution in [3.63, 3.8) is 0 Å². The average Bonchev–Trinajstić information content (AvgIpc) is 3.38. The second-order valence-electron chi connectivity index (χ2n) is 5.21. The average molecular weight is 419 g/mol. The number of thioether (sulfide) groups is 2. The van der Waals surface area contributed by atoms with E-state index in [1.807, 2.05) is 48.5 Å². The first-order chi connectivity index (χ1) is 12.8. The second-order valence-corrected chi connectivity index (χ2v) is 9.27. The summed E-state index contributed by atoms with van der Waals surface area (Å²) in [6, 6.07) is 16.0. The van der Waals surface area contributed by atoms with Crippen molar-refractivity contribution >= 4 is 57.5 Å². The van der Waals surface area contributed by atoms with Gasteiger partial charge in [-0.1, -0.05) is 23.5 Å². The molecule has 4 nitrogen and oxygen atoms in total. The van der Waals surface area contributed by atoms with Gasteiger partial charge in [-0.3, -0.25) is 0 Å². The predicted molar refractivity (Wildman–Crippen MR) is 116 cm³/mol. The zero-order valence-corrected chi connectivity index (χ0v) is 17.2. The second kappa shape index (κ2) is 8.04. The number of rotatable bonds is 4. The van der Waals surface area contributed by atoms with E-state index in [2.05, 4.69) is 8.80 Å². The SMILES string of the molecule is COc1ccc(C2=NS/C(=C3/SN=C(c4ccc(OC)cc4)S3)S2)cc1. The number of hydrogen-bond donors (Lipinski definition) is 0. The maximum atomic E-state index is 5.21. The molecule has 2 aliphatic heterocycles. The molecule has 2 aliphatic rings. The van der Waals surface area contributed by atoms with E-state index in [1.165, 1.54) is 32.4 Å². The highest BCUT2D eigenvalue weighted by molar-refractivity contribution is 8.38. The third-order valence-corrected chi connectivity index (χ3v) is 8.44. The van der Waals surface area contributed by atoms with Gasteiger partial charge in [0.1, 0.15) is 21.6 Å². The van der Waals surface area contributed by atoms with E-state index in [0.717, 1.165) is 32.7 Å². The molecule has 0 unspecified atom stereocenters. The Kier molecular flexibility index (Phi) is 5.54. The number of nitrogens with zero attached hydrogens (tertiary/aromatic N) is 2. The van der Waals surface area contributed by atoms with Crippen LogP contribution in [0.15, 0.2) is 65.8 Å². The van der Waals surface area contributed by atoms with Gasteiger partial charge in [-0.25, -0.2) is 8.80 Å². The fraction of sp³-hybridized carbons (Fsp3) is 0.111. The zero-order valence-electron chi connectivity index (χ0n) is 14.0. The normalized spacial score (nSPS) is 19.3. The van der Waals surface area contributed by atoms with Crippen molar-refractivity contribution < 1.29 is 9.47 Å². The van der Waals surface area contributed by atoms with Gasteiger partial charge in [-0.05, 0) is 48.5 Å². The number of hydrogen-bond acceptors (Lipinski definition) is 8. The van der Waals surface area contributed by atoms with Gasteiger partial charge in [0.2, 0.25) is 0 Å². The van der Waals surface area contributed by atoms with Gasteiger partial charge in [0.15, 0.2) is 0 Å². The number of ether oxygens (including phenoxy) is 2. The van der Waals surface area contributed by atoms with Gasteiger partial charge >= 0.3 is 0 Å². The van der Waals surface area contributed by atoms with Gasteiger partial charge in [-0.15, -0.1) is 0 Å². The molecule has 0 saturated heterocycles. The van der Waals surface area contributed by atoms with Crippen molar-refractivity contribution in [1.82, 2.24) is 0 Å². The fourth-order valence-corrected chi connectivity index (χ4v) is 6.45. The molecular formula is C18H14N2O2S4. The topological polar surface area (TPSA) is 43.2 Å². The molecule has 2 aromatic rings. The summed E-state index contributed by atoms with van der Waals surface area (Å²) < 4.78 is 22.0. The standard InChI is InChI=1S/C18H14N2O2S4/c1-21-13-7-3-11(4-8-13)15-19-25-17(23-15)18-24-16(20-26-18)12-5-9-14(22-2)10-6-12/h3-10H,1-2H3/b18-17+. The van der Waals surface area contributed by atoms with E-state index in [0.29, 0.717) is 0 Å². The summed E-state index contributed by atoms with van der Waals surface area (Å²) in [4.78, 5) is 0. The van der Waals surface area contributed by atoms with Crippen LogP contribution in [0, 0.1) is 0 Å².